The molecule has 0 aromatic heterocycles. The van der Waals surface area contributed by atoms with Gasteiger partial charge in [0, 0.05) is 18.7 Å². The van der Waals surface area contributed by atoms with Gasteiger partial charge in [0.2, 0.25) is 5.91 Å². The standard InChI is InChI=1S/C18H20N2O/c19-17(13-16-9-5-2-6-10-16)14-20-18(21)12-11-15-7-3-1-4-8-15/h1-12,17H,13-14,19H2,(H,20,21)/b12-11+/t17-/m1/s1. The Labute approximate surface area is 125 Å². The number of nitrogens with two attached hydrogens (primary N) is 1. The summed E-state index contributed by atoms with van der Waals surface area (Å²) in [6, 6.07) is 19.7. The fourth-order valence-electron chi connectivity index (χ4n) is 2.02. The molecule has 1 atom stereocenters. The summed E-state index contributed by atoms with van der Waals surface area (Å²) < 4.78 is 0. The van der Waals surface area contributed by atoms with E-state index in [1.807, 2.05) is 60.7 Å². The highest BCUT2D eigenvalue weighted by Gasteiger charge is 2.05. The number of carbonyl (C=O) groups is 1. The molecule has 0 spiro atoms. The predicted molar refractivity (Wildman–Crippen MR) is 86.6 cm³/mol. The lowest BCUT2D eigenvalue weighted by Crippen LogP contribution is -2.37. The van der Waals surface area contributed by atoms with Gasteiger partial charge in [-0.05, 0) is 23.6 Å². The third-order valence-corrected chi connectivity index (χ3v) is 3.11. The van der Waals surface area contributed by atoms with Gasteiger partial charge in [0.25, 0.3) is 0 Å². The number of amides is 1. The van der Waals surface area contributed by atoms with Crippen molar-refractivity contribution < 1.29 is 4.79 Å². The van der Waals surface area contributed by atoms with Crippen molar-refractivity contribution in [2.75, 3.05) is 6.54 Å². The molecule has 3 nitrogen and oxygen atoms in total. The smallest absolute Gasteiger partial charge is 0.244 e. The summed E-state index contributed by atoms with van der Waals surface area (Å²) in [5.74, 6) is -0.123. The Morgan fingerprint density at radius 1 is 1.05 bits per heavy atom. The molecule has 1 amide bonds. The van der Waals surface area contributed by atoms with Gasteiger partial charge in [0.05, 0.1) is 0 Å². The average molecular weight is 280 g/mol. The van der Waals surface area contributed by atoms with Gasteiger partial charge in [-0.1, -0.05) is 60.7 Å². The van der Waals surface area contributed by atoms with Gasteiger partial charge in [-0.2, -0.15) is 0 Å². The highest BCUT2D eigenvalue weighted by Crippen LogP contribution is 2.02. The lowest BCUT2D eigenvalue weighted by molar-refractivity contribution is -0.116. The molecule has 3 heteroatoms. The van der Waals surface area contributed by atoms with Crippen LogP contribution in [-0.4, -0.2) is 18.5 Å². The zero-order valence-electron chi connectivity index (χ0n) is 11.9. The summed E-state index contributed by atoms with van der Waals surface area (Å²) in [6.07, 6.45) is 4.08. The second-order valence-corrected chi connectivity index (χ2v) is 4.94. The first kappa shape index (κ1) is 15.0. The quantitative estimate of drug-likeness (QED) is 0.798. The number of rotatable bonds is 6. The molecular formula is C18H20N2O. The molecular weight excluding hydrogens is 260 g/mol. The Balaban J connectivity index is 1.75. The third kappa shape index (κ3) is 5.63. The molecule has 0 aliphatic carbocycles. The summed E-state index contributed by atoms with van der Waals surface area (Å²) >= 11 is 0. The Hall–Kier alpha value is -2.39. The summed E-state index contributed by atoms with van der Waals surface area (Å²) in [4.78, 5) is 11.7. The van der Waals surface area contributed by atoms with Crippen LogP contribution in [0.5, 0.6) is 0 Å². The molecule has 0 fully saturated rings. The lowest BCUT2D eigenvalue weighted by Gasteiger charge is -2.11. The lowest BCUT2D eigenvalue weighted by atomic mass is 10.1. The van der Waals surface area contributed by atoms with E-state index in [9.17, 15) is 4.79 Å². The van der Waals surface area contributed by atoms with Crippen molar-refractivity contribution in [1.82, 2.24) is 5.32 Å². The molecule has 0 saturated carbocycles. The van der Waals surface area contributed by atoms with Crippen molar-refractivity contribution in [1.29, 1.82) is 0 Å². The fourth-order valence-corrected chi connectivity index (χ4v) is 2.02. The van der Waals surface area contributed by atoms with Gasteiger partial charge in [0.15, 0.2) is 0 Å². The van der Waals surface area contributed by atoms with Gasteiger partial charge >= 0.3 is 0 Å². The Morgan fingerprint density at radius 2 is 1.67 bits per heavy atom. The first-order valence-corrected chi connectivity index (χ1v) is 7.04. The maximum absolute atomic E-state index is 11.7. The van der Waals surface area contributed by atoms with Crippen molar-refractivity contribution in [2.24, 2.45) is 5.73 Å². The second-order valence-electron chi connectivity index (χ2n) is 4.94. The van der Waals surface area contributed by atoms with Crippen LogP contribution in [-0.2, 0) is 11.2 Å². The van der Waals surface area contributed by atoms with E-state index in [1.54, 1.807) is 6.08 Å². The number of benzene rings is 2. The highest BCUT2D eigenvalue weighted by atomic mass is 16.1. The normalized spacial score (nSPS) is 12.2. The maximum Gasteiger partial charge on any atom is 0.244 e. The van der Waals surface area contributed by atoms with Crippen LogP contribution in [0.15, 0.2) is 66.7 Å². The molecule has 0 unspecified atom stereocenters. The van der Waals surface area contributed by atoms with Gasteiger partial charge in [0.1, 0.15) is 0 Å². The minimum atomic E-state index is -0.123. The van der Waals surface area contributed by atoms with Crippen LogP contribution in [0.4, 0.5) is 0 Å². The van der Waals surface area contributed by atoms with E-state index in [4.69, 9.17) is 5.73 Å². The van der Waals surface area contributed by atoms with Crippen molar-refractivity contribution in [3.63, 3.8) is 0 Å². The minimum absolute atomic E-state index is 0.0820. The van der Waals surface area contributed by atoms with Crippen molar-refractivity contribution >= 4 is 12.0 Å². The van der Waals surface area contributed by atoms with E-state index in [1.165, 1.54) is 11.6 Å². The second kappa shape index (κ2) is 8.02. The molecule has 2 rings (SSSR count). The maximum atomic E-state index is 11.7. The Kier molecular flexibility index (Phi) is 5.73. The Morgan fingerprint density at radius 3 is 2.33 bits per heavy atom. The molecule has 108 valence electrons. The molecule has 0 heterocycles. The van der Waals surface area contributed by atoms with Crippen LogP contribution in [0.25, 0.3) is 6.08 Å². The zero-order valence-corrected chi connectivity index (χ0v) is 11.9. The van der Waals surface area contributed by atoms with Crippen LogP contribution >= 0.6 is 0 Å². The largest absolute Gasteiger partial charge is 0.351 e. The first-order valence-electron chi connectivity index (χ1n) is 7.04. The van der Waals surface area contributed by atoms with Crippen molar-refractivity contribution in [3.05, 3.63) is 77.9 Å². The van der Waals surface area contributed by atoms with Gasteiger partial charge < -0.3 is 11.1 Å². The zero-order chi connectivity index (χ0) is 14.9. The summed E-state index contributed by atoms with van der Waals surface area (Å²) in [7, 11) is 0. The average Bonchev–Trinajstić information content (AvgIpc) is 2.53. The van der Waals surface area contributed by atoms with E-state index in [2.05, 4.69) is 5.32 Å². The van der Waals surface area contributed by atoms with E-state index >= 15 is 0 Å². The van der Waals surface area contributed by atoms with E-state index in [0.717, 1.165) is 12.0 Å². The van der Waals surface area contributed by atoms with E-state index < -0.39 is 0 Å². The molecule has 3 N–H and O–H groups in total. The molecule has 0 aliphatic heterocycles. The van der Waals surface area contributed by atoms with Gasteiger partial charge in [-0.25, -0.2) is 0 Å². The van der Waals surface area contributed by atoms with Crippen LogP contribution < -0.4 is 11.1 Å². The minimum Gasteiger partial charge on any atom is -0.351 e. The monoisotopic (exact) mass is 280 g/mol. The molecule has 0 aliphatic rings. The van der Waals surface area contributed by atoms with Gasteiger partial charge in [-0.3, -0.25) is 4.79 Å². The number of hydrogen-bond acceptors (Lipinski definition) is 2. The summed E-state index contributed by atoms with van der Waals surface area (Å²) in [5, 5.41) is 2.82. The summed E-state index contributed by atoms with van der Waals surface area (Å²) in [6.45, 7) is 0.465. The Bertz CT molecular complexity index is 579. The van der Waals surface area contributed by atoms with Gasteiger partial charge in [-0.15, -0.1) is 0 Å². The van der Waals surface area contributed by atoms with Crippen LogP contribution in [0.3, 0.4) is 0 Å². The molecule has 2 aromatic carbocycles. The van der Waals surface area contributed by atoms with Crippen molar-refractivity contribution in [3.8, 4) is 0 Å². The summed E-state index contributed by atoms with van der Waals surface area (Å²) in [5.41, 5.74) is 8.20. The SMILES string of the molecule is N[C@@H](CNC(=O)/C=C/c1ccccc1)Cc1ccccc1. The molecule has 21 heavy (non-hydrogen) atoms. The topological polar surface area (TPSA) is 55.1 Å². The van der Waals surface area contributed by atoms with Crippen molar-refractivity contribution in [2.45, 2.75) is 12.5 Å². The first-order chi connectivity index (χ1) is 10.2. The number of nitrogens with one attached hydrogen (secondary N) is 1. The fraction of sp³-hybridized carbons (Fsp3) is 0.167. The molecule has 2 aromatic rings. The van der Waals surface area contributed by atoms with Crippen LogP contribution in [0, 0.1) is 0 Å². The van der Waals surface area contributed by atoms with E-state index in [-0.39, 0.29) is 11.9 Å². The third-order valence-electron chi connectivity index (χ3n) is 3.11. The number of carbonyl (C=O) groups excluding carboxylic acids is 1. The molecule has 0 saturated heterocycles. The molecule has 0 radical (unpaired) electrons. The number of hydrogen-bond donors (Lipinski definition) is 2. The molecule has 0 bridgehead atoms. The highest BCUT2D eigenvalue weighted by molar-refractivity contribution is 5.91. The van der Waals surface area contributed by atoms with E-state index in [0.29, 0.717) is 6.54 Å². The predicted octanol–water partition coefficient (Wildman–Crippen LogP) is 2.39. The van der Waals surface area contributed by atoms with Crippen LogP contribution in [0.1, 0.15) is 11.1 Å². The van der Waals surface area contributed by atoms with Crippen LogP contribution in [0.2, 0.25) is 0 Å².